The van der Waals surface area contributed by atoms with Gasteiger partial charge in [0.2, 0.25) is 0 Å². The molecule has 2 N–H and O–H groups in total. The molecule has 5 heteroatoms. The van der Waals surface area contributed by atoms with Gasteiger partial charge in [-0.05, 0) is 17.5 Å². The van der Waals surface area contributed by atoms with Crippen LogP contribution in [-0.2, 0) is 0 Å². The molecule has 0 fully saturated rings. The molecule has 0 spiro atoms. The molecule has 0 aliphatic heterocycles. The second-order valence-corrected chi connectivity index (χ2v) is 3.32. The number of rotatable bonds is 1. The minimum absolute atomic E-state index is 0.523. The Hall–Kier alpha value is -0.905. The second kappa shape index (κ2) is 2.86. The predicted octanol–water partition coefficient (Wildman–Crippen LogP) is -0.0239. The Morgan fingerprint density at radius 3 is 2.92 bits per heavy atom. The maximum Gasteiger partial charge on any atom is 0.490 e. The van der Waals surface area contributed by atoms with E-state index in [2.05, 4.69) is 4.98 Å². The quantitative estimate of drug-likeness (QED) is 0.604. The van der Waals surface area contributed by atoms with Gasteiger partial charge in [0.05, 0.1) is 10.2 Å². The zero-order valence-corrected chi connectivity index (χ0v) is 6.95. The van der Waals surface area contributed by atoms with E-state index in [0.717, 1.165) is 10.2 Å². The highest BCUT2D eigenvalue weighted by molar-refractivity contribution is 7.18. The Labute approximate surface area is 73.5 Å². The minimum Gasteiger partial charge on any atom is -0.423 e. The molecular weight excluding hydrogens is 173 g/mol. The Kier molecular flexibility index (Phi) is 1.84. The van der Waals surface area contributed by atoms with E-state index in [9.17, 15) is 0 Å². The van der Waals surface area contributed by atoms with Crippen LogP contribution in [0.2, 0.25) is 0 Å². The van der Waals surface area contributed by atoms with Gasteiger partial charge in [0.15, 0.2) is 0 Å². The van der Waals surface area contributed by atoms with E-state index >= 15 is 0 Å². The van der Waals surface area contributed by atoms with Gasteiger partial charge in [-0.15, -0.1) is 11.3 Å². The summed E-state index contributed by atoms with van der Waals surface area (Å²) in [5.74, 6) is 0. The van der Waals surface area contributed by atoms with E-state index in [1.165, 1.54) is 11.3 Å². The van der Waals surface area contributed by atoms with Crippen molar-refractivity contribution in [2.45, 2.75) is 0 Å². The summed E-state index contributed by atoms with van der Waals surface area (Å²) in [4.78, 5) is 4.07. The first-order valence-electron chi connectivity index (χ1n) is 3.47. The van der Waals surface area contributed by atoms with E-state index in [4.69, 9.17) is 10.0 Å². The van der Waals surface area contributed by atoms with Crippen LogP contribution < -0.4 is 5.46 Å². The summed E-state index contributed by atoms with van der Waals surface area (Å²) in [6.07, 6.45) is 1.57. The minimum atomic E-state index is -1.41. The second-order valence-electron chi connectivity index (χ2n) is 2.41. The molecule has 0 aliphatic rings. The summed E-state index contributed by atoms with van der Waals surface area (Å²) in [6, 6.07) is 3.47. The molecule has 0 unspecified atom stereocenters. The van der Waals surface area contributed by atoms with Crippen LogP contribution >= 0.6 is 11.3 Å². The highest BCUT2D eigenvalue weighted by Crippen LogP contribution is 2.15. The van der Waals surface area contributed by atoms with Gasteiger partial charge in [-0.3, -0.25) is 4.98 Å². The Bertz CT molecular complexity index is 401. The van der Waals surface area contributed by atoms with Gasteiger partial charge in [0.1, 0.15) is 0 Å². The predicted molar refractivity (Wildman–Crippen MR) is 49.4 cm³/mol. The molecule has 12 heavy (non-hydrogen) atoms. The average molecular weight is 179 g/mol. The number of hydrogen-bond donors (Lipinski definition) is 2. The number of nitrogens with zero attached hydrogens (tertiary/aromatic N) is 1. The van der Waals surface area contributed by atoms with Gasteiger partial charge in [0, 0.05) is 11.7 Å². The number of pyridine rings is 1. The number of thiophene rings is 1. The molecule has 0 bridgehead atoms. The lowest BCUT2D eigenvalue weighted by Crippen LogP contribution is -2.29. The van der Waals surface area contributed by atoms with Crippen molar-refractivity contribution in [3.8, 4) is 0 Å². The molecule has 0 saturated heterocycles. The van der Waals surface area contributed by atoms with Gasteiger partial charge in [-0.1, -0.05) is 0 Å². The summed E-state index contributed by atoms with van der Waals surface area (Å²) in [5, 5.41) is 19.8. The van der Waals surface area contributed by atoms with E-state index in [0.29, 0.717) is 5.46 Å². The van der Waals surface area contributed by atoms with Crippen molar-refractivity contribution in [1.29, 1.82) is 0 Å². The van der Waals surface area contributed by atoms with Gasteiger partial charge in [0.25, 0.3) is 0 Å². The highest BCUT2D eigenvalue weighted by Gasteiger charge is 2.15. The Morgan fingerprint density at radius 1 is 1.33 bits per heavy atom. The first-order valence-corrected chi connectivity index (χ1v) is 4.35. The number of hydrogen-bond acceptors (Lipinski definition) is 4. The SMILES string of the molecule is OB(O)c1ccnc2ccsc12. The topological polar surface area (TPSA) is 53.4 Å². The van der Waals surface area contributed by atoms with Crippen molar-refractivity contribution in [3.05, 3.63) is 23.7 Å². The Morgan fingerprint density at radius 2 is 2.17 bits per heavy atom. The maximum atomic E-state index is 8.97. The fraction of sp³-hybridized carbons (Fsp3) is 0. The molecule has 3 nitrogen and oxygen atoms in total. The van der Waals surface area contributed by atoms with Crippen LogP contribution in [0.3, 0.4) is 0 Å². The lowest BCUT2D eigenvalue weighted by atomic mass is 9.81. The van der Waals surface area contributed by atoms with Gasteiger partial charge < -0.3 is 10.0 Å². The number of aromatic nitrogens is 1. The maximum absolute atomic E-state index is 8.97. The van der Waals surface area contributed by atoms with E-state index in [-0.39, 0.29) is 0 Å². The first-order chi connectivity index (χ1) is 5.79. The molecule has 0 atom stereocenters. The third kappa shape index (κ3) is 1.12. The largest absolute Gasteiger partial charge is 0.490 e. The molecule has 0 amide bonds. The van der Waals surface area contributed by atoms with Crippen molar-refractivity contribution in [2.75, 3.05) is 0 Å². The third-order valence-electron chi connectivity index (χ3n) is 1.65. The van der Waals surface area contributed by atoms with Gasteiger partial charge >= 0.3 is 7.12 Å². The lowest BCUT2D eigenvalue weighted by molar-refractivity contribution is 0.426. The van der Waals surface area contributed by atoms with Crippen LogP contribution in [0.4, 0.5) is 0 Å². The third-order valence-corrected chi connectivity index (χ3v) is 2.61. The molecular formula is C7H6BNO2S. The van der Waals surface area contributed by atoms with Crippen LogP contribution in [0.15, 0.2) is 23.7 Å². The average Bonchev–Trinajstić information content (AvgIpc) is 2.49. The van der Waals surface area contributed by atoms with E-state index < -0.39 is 7.12 Å². The molecule has 2 aromatic rings. The standard InChI is InChI=1S/C7H6BNO2S/c10-8(11)5-1-3-9-6-2-4-12-7(5)6/h1-4,10-11H. The van der Waals surface area contributed by atoms with Crippen molar-refractivity contribution in [3.63, 3.8) is 0 Å². The zero-order chi connectivity index (χ0) is 8.55. The molecule has 0 radical (unpaired) electrons. The van der Waals surface area contributed by atoms with Gasteiger partial charge in [-0.25, -0.2) is 0 Å². The molecule has 60 valence electrons. The Balaban J connectivity index is 2.73. The summed E-state index contributed by atoms with van der Waals surface area (Å²) in [5.41, 5.74) is 1.33. The fourth-order valence-electron chi connectivity index (χ4n) is 1.10. The van der Waals surface area contributed by atoms with E-state index in [1.54, 1.807) is 12.3 Å². The molecule has 0 saturated carbocycles. The first kappa shape index (κ1) is 7.73. The summed E-state index contributed by atoms with van der Waals surface area (Å²) < 4.78 is 0.840. The summed E-state index contributed by atoms with van der Waals surface area (Å²) >= 11 is 1.46. The zero-order valence-electron chi connectivity index (χ0n) is 6.14. The lowest BCUT2D eigenvalue weighted by Gasteiger charge is -1.98. The van der Waals surface area contributed by atoms with Crippen molar-refractivity contribution in [2.24, 2.45) is 0 Å². The van der Waals surface area contributed by atoms with Crippen molar-refractivity contribution < 1.29 is 10.0 Å². The highest BCUT2D eigenvalue weighted by atomic mass is 32.1. The van der Waals surface area contributed by atoms with Crippen LogP contribution in [-0.4, -0.2) is 22.2 Å². The fourth-order valence-corrected chi connectivity index (χ4v) is 1.98. The smallest absolute Gasteiger partial charge is 0.423 e. The summed E-state index contributed by atoms with van der Waals surface area (Å²) in [6.45, 7) is 0. The van der Waals surface area contributed by atoms with Crippen molar-refractivity contribution >= 4 is 34.1 Å². The van der Waals surface area contributed by atoms with Crippen LogP contribution in [0.5, 0.6) is 0 Å². The molecule has 0 aromatic carbocycles. The monoisotopic (exact) mass is 179 g/mol. The van der Waals surface area contributed by atoms with Crippen LogP contribution in [0.1, 0.15) is 0 Å². The number of fused-ring (bicyclic) bond motifs is 1. The molecule has 0 aliphatic carbocycles. The molecule has 2 aromatic heterocycles. The summed E-state index contributed by atoms with van der Waals surface area (Å²) in [7, 11) is -1.41. The van der Waals surface area contributed by atoms with Crippen LogP contribution in [0, 0.1) is 0 Å². The molecule has 2 rings (SSSR count). The van der Waals surface area contributed by atoms with Crippen LogP contribution in [0.25, 0.3) is 10.2 Å². The van der Waals surface area contributed by atoms with E-state index in [1.807, 2.05) is 11.4 Å². The normalized spacial score (nSPS) is 10.5. The molecule has 2 heterocycles. The van der Waals surface area contributed by atoms with Gasteiger partial charge in [-0.2, -0.15) is 0 Å². The van der Waals surface area contributed by atoms with Crippen molar-refractivity contribution in [1.82, 2.24) is 4.98 Å².